The second-order valence-corrected chi connectivity index (χ2v) is 1.48. The molecule has 1 fully saturated rings. The van der Waals surface area contributed by atoms with E-state index in [-0.39, 0.29) is 19.3 Å². The minimum Gasteiger partial charge on any atom is -0.393 e. The van der Waals surface area contributed by atoms with Crippen LogP contribution in [0.4, 0.5) is 0 Å². The van der Waals surface area contributed by atoms with Crippen LogP contribution in [-0.4, -0.2) is 18.3 Å². The van der Waals surface area contributed by atoms with Gasteiger partial charge in [-0.3, -0.25) is 14.4 Å². The second-order valence-electron chi connectivity index (χ2n) is 1.48. The fourth-order valence-corrected chi connectivity index (χ4v) is 0.433. The Morgan fingerprint density at radius 3 is 1.70 bits per heavy atom. The Bertz CT molecular complexity index is 140. The Morgan fingerprint density at radius 2 is 1.60 bits per heavy atom. The van der Waals surface area contributed by atoms with Gasteiger partial charge in [-0.2, -0.15) is 0 Å². The number of ether oxygens (including phenoxy) is 1. The molecule has 0 aromatic heterocycles. The molecule has 0 aromatic rings. The van der Waals surface area contributed by atoms with Gasteiger partial charge in [0.05, 0.1) is 12.8 Å². The third kappa shape index (κ3) is 3.59. The molecule has 0 radical (unpaired) electrons. The summed E-state index contributed by atoms with van der Waals surface area (Å²) in [5.41, 5.74) is 4.17. The highest BCUT2D eigenvalue weighted by molar-refractivity contribution is 5.92. The molecule has 1 saturated heterocycles. The van der Waals surface area contributed by atoms with Gasteiger partial charge in [0.2, 0.25) is 6.41 Å². The van der Waals surface area contributed by atoms with Crippen LogP contribution in [0.1, 0.15) is 12.8 Å². The van der Waals surface area contributed by atoms with E-state index in [0.717, 1.165) is 0 Å². The average Bonchev–Trinajstić information content (AvgIpc) is 2.17. The van der Waals surface area contributed by atoms with E-state index >= 15 is 0 Å². The van der Waals surface area contributed by atoms with E-state index in [2.05, 4.69) is 10.5 Å². The smallest absolute Gasteiger partial charge is 0.314 e. The molecule has 2 N–H and O–H groups in total. The molecule has 1 heterocycles. The number of hydrogen-bond donors (Lipinski definition) is 1. The fourth-order valence-electron chi connectivity index (χ4n) is 0.433. The van der Waals surface area contributed by atoms with E-state index in [4.69, 9.17) is 4.79 Å². The molecule has 0 spiro atoms. The molecule has 56 valence electrons. The molecular formula is C5H7NO4. The summed E-state index contributed by atoms with van der Waals surface area (Å²) in [6, 6.07) is 0. The Hall–Kier alpha value is -1.39. The number of hydrogen-bond acceptors (Lipinski definition) is 4. The van der Waals surface area contributed by atoms with Crippen molar-refractivity contribution in [1.29, 1.82) is 0 Å². The third-order valence-electron chi connectivity index (χ3n) is 0.761. The number of primary amides is 1. The Kier molecular flexibility index (Phi) is 3.86. The van der Waals surface area contributed by atoms with Crippen LogP contribution in [0, 0.1) is 0 Å². The molecular weight excluding hydrogens is 138 g/mol. The molecule has 0 saturated carbocycles. The number of nitrogens with two attached hydrogens (primary N) is 1. The molecule has 0 bridgehead atoms. The monoisotopic (exact) mass is 145 g/mol. The summed E-state index contributed by atoms with van der Waals surface area (Å²) in [7, 11) is 0. The van der Waals surface area contributed by atoms with Crippen molar-refractivity contribution in [3.8, 4) is 0 Å². The molecule has 1 aliphatic rings. The molecule has 1 rings (SSSR count). The highest BCUT2D eigenvalue weighted by Gasteiger charge is 2.19. The predicted octanol–water partition coefficient (Wildman–Crippen LogP) is -1.05. The Labute approximate surface area is 57.1 Å². The van der Waals surface area contributed by atoms with Crippen LogP contribution in [0.15, 0.2) is 0 Å². The first-order chi connectivity index (χ1) is 4.70. The van der Waals surface area contributed by atoms with Crippen molar-refractivity contribution >= 4 is 18.3 Å². The maximum Gasteiger partial charge on any atom is 0.314 e. The predicted molar refractivity (Wildman–Crippen MR) is 30.6 cm³/mol. The average molecular weight is 145 g/mol. The highest BCUT2D eigenvalue weighted by Crippen LogP contribution is 2.03. The van der Waals surface area contributed by atoms with Gasteiger partial charge in [-0.25, -0.2) is 0 Å². The summed E-state index contributed by atoms with van der Waals surface area (Å²) >= 11 is 0. The molecule has 10 heavy (non-hydrogen) atoms. The molecule has 0 unspecified atom stereocenters. The zero-order valence-corrected chi connectivity index (χ0v) is 5.20. The minimum atomic E-state index is -0.398. The fraction of sp³-hybridized carbons (Fsp3) is 0.400. The molecule has 0 atom stereocenters. The second kappa shape index (κ2) is 4.49. The summed E-state index contributed by atoms with van der Waals surface area (Å²) in [5.74, 6) is -0.796. The molecule has 1 aliphatic heterocycles. The Morgan fingerprint density at radius 1 is 1.30 bits per heavy atom. The van der Waals surface area contributed by atoms with Crippen LogP contribution in [0.25, 0.3) is 0 Å². The van der Waals surface area contributed by atoms with Crippen molar-refractivity contribution in [3.63, 3.8) is 0 Å². The highest BCUT2D eigenvalue weighted by atomic mass is 16.6. The van der Waals surface area contributed by atoms with Gasteiger partial charge >= 0.3 is 11.9 Å². The van der Waals surface area contributed by atoms with Gasteiger partial charge in [0.15, 0.2) is 0 Å². The van der Waals surface area contributed by atoms with Crippen LogP contribution in [0.3, 0.4) is 0 Å². The van der Waals surface area contributed by atoms with Gasteiger partial charge in [-0.05, 0) is 0 Å². The van der Waals surface area contributed by atoms with Crippen molar-refractivity contribution in [3.05, 3.63) is 0 Å². The third-order valence-corrected chi connectivity index (χ3v) is 0.761. The van der Waals surface area contributed by atoms with E-state index in [1.165, 1.54) is 0 Å². The summed E-state index contributed by atoms with van der Waals surface area (Å²) < 4.78 is 4.08. The topological polar surface area (TPSA) is 86.5 Å². The molecule has 5 heteroatoms. The number of amides is 1. The normalized spacial score (nSPS) is 15.2. The number of carbonyl (C=O) groups excluding carboxylic acids is 3. The maximum absolute atomic E-state index is 10.0. The van der Waals surface area contributed by atoms with Crippen LogP contribution >= 0.6 is 0 Å². The zero-order chi connectivity index (χ0) is 7.98. The van der Waals surface area contributed by atoms with E-state index in [0.29, 0.717) is 0 Å². The van der Waals surface area contributed by atoms with Crippen LogP contribution < -0.4 is 5.73 Å². The first-order valence-electron chi connectivity index (χ1n) is 2.59. The number of cyclic esters (lactones) is 2. The number of esters is 2. The number of carbonyl (C=O) groups is 3. The van der Waals surface area contributed by atoms with Crippen molar-refractivity contribution < 1.29 is 19.1 Å². The first kappa shape index (κ1) is 8.61. The van der Waals surface area contributed by atoms with Gasteiger partial charge in [-0.1, -0.05) is 0 Å². The quantitative estimate of drug-likeness (QED) is 0.267. The lowest BCUT2D eigenvalue weighted by Gasteiger charge is -1.79. The lowest BCUT2D eigenvalue weighted by atomic mass is 10.4. The van der Waals surface area contributed by atoms with Gasteiger partial charge in [0, 0.05) is 0 Å². The zero-order valence-electron chi connectivity index (χ0n) is 5.20. The largest absolute Gasteiger partial charge is 0.393 e. The van der Waals surface area contributed by atoms with Crippen molar-refractivity contribution in [2.45, 2.75) is 12.8 Å². The van der Waals surface area contributed by atoms with E-state index < -0.39 is 11.9 Å². The Balaban J connectivity index is 0.000000236. The summed E-state index contributed by atoms with van der Waals surface area (Å²) in [4.78, 5) is 28.6. The van der Waals surface area contributed by atoms with Crippen LogP contribution in [-0.2, 0) is 19.1 Å². The molecule has 1 amide bonds. The maximum atomic E-state index is 10.0. The van der Waals surface area contributed by atoms with Gasteiger partial charge < -0.3 is 10.5 Å². The molecule has 0 aromatic carbocycles. The minimum absolute atomic E-state index is 0.250. The van der Waals surface area contributed by atoms with Crippen molar-refractivity contribution in [1.82, 2.24) is 0 Å². The van der Waals surface area contributed by atoms with Gasteiger partial charge in [0.1, 0.15) is 0 Å². The van der Waals surface area contributed by atoms with Gasteiger partial charge in [-0.15, -0.1) is 0 Å². The standard InChI is InChI=1S/C4H4O3.CH3NO/c5-3-1-2-4(6)7-3;2-1-3/h1-2H2;1H,(H2,2,3). The van der Waals surface area contributed by atoms with Crippen molar-refractivity contribution in [2.75, 3.05) is 0 Å². The summed E-state index contributed by atoms with van der Waals surface area (Å²) in [6.45, 7) is 0. The van der Waals surface area contributed by atoms with Gasteiger partial charge in [0.25, 0.3) is 0 Å². The lowest BCUT2D eigenvalue weighted by Crippen LogP contribution is -1.94. The molecule has 0 aliphatic carbocycles. The van der Waals surface area contributed by atoms with Crippen LogP contribution in [0.5, 0.6) is 0 Å². The summed E-state index contributed by atoms with van der Waals surface area (Å²) in [5, 5.41) is 0. The number of rotatable bonds is 0. The SMILES string of the molecule is NC=O.O=C1CCC(=O)O1. The van der Waals surface area contributed by atoms with E-state index in [9.17, 15) is 9.59 Å². The molecule has 5 nitrogen and oxygen atoms in total. The van der Waals surface area contributed by atoms with E-state index in [1.807, 2.05) is 0 Å². The van der Waals surface area contributed by atoms with Crippen LogP contribution in [0.2, 0.25) is 0 Å². The first-order valence-corrected chi connectivity index (χ1v) is 2.59. The van der Waals surface area contributed by atoms with E-state index in [1.54, 1.807) is 0 Å². The van der Waals surface area contributed by atoms with Crippen molar-refractivity contribution in [2.24, 2.45) is 5.73 Å². The summed E-state index contributed by atoms with van der Waals surface area (Å²) in [6.07, 6.45) is 0.775. The lowest BCUT2D eigenvalue weighted by molar-refractivity contribution is -0.152.